The van der Waals surface area contributed by atoms with Crippen LogP contribution in [0.25, 0.3) is 0 Å². The summed E-state index contributed by atoms with van der Waals surface area (Å²) in [5.41, 5.74) is -0.813. The summed E-state index contributed by atoms with van der Waals surface area (Å²) in [5.74, 6) is -0.842. The van der Waals surface area contributed by atoms with Crippen molar-refractivity contribution in [3.63, 3.8) is 0 Å². The molecule has 1 fully saturated rings. The lowest BCUT2D eigenvalue weighted by Crippen LogP contribution is -2.41. The minimum absolute atomic E-state index is 0.193. The van der Waals surface area contributed by atoms with E-state index in [0.29, 0.717) is 25.9 Å². The molecule has 1 atom stereocenters. The molecule has 2 amide bonds. The number of hydrogen-bond acceptors (Lipinski definition) is 4. The number of carboxylic acid groups (broad SMARTS) is 1. The van der Waals surface area contributed by atoms with Crippen LogP contribution in [0.15, 0.2) is 11.6 Å². The van der Waals surface area contributed by atoms with Crippen LogP contribution in [0.1, 0.15) is 18.4 Å². The van der Waals surface area contributed by atoms with Crippen molar-refractivity contribution >= 4 is 23.3 Å². The zero-order chi connectivity index (χ0) is 13.9. The summed E-state index contributed by atoms with van der Waals surface area (Å²) >= 11 is 1.56. The molecule has 1 aliphatic heterocycles. The van der Waals surface area contributed by atoms with Crippen LogP contribution < -0.4 is 5.32 Å². The van der Waals surface area contributed by atoms with Gasteiger partial charge in [-0.15, -0.1) is 11.3 Å². The molecule has 7 heteroatoms. The molecule has 0 saturated carbocycles. The molecule has 0 bridgehead atoms. The fourth-order valence-electron chi connectivity index (χ4n) is 2.07. The Morgan fingerprint density at radius 1 is 1.63 bits per heavy atom. The molecule has 0 aromatic carbocycles. The number of rotatable bonds is 4. The number of amides is 2. The number of aliphatic carboxylic acids is 1. The summed E-state index contributed by atoms with van der Waals surface area (Å²) in [4.78, 5) is 28.7. The largest absolute Gasteiger partial charge is 0.481 e. The zero-order valence-corrected chi connectivity index (χ0v) is 11.6. The Kier molecular flexibility index (Phi) is 4.04. The van der Waals surface area contributed by atoms with Gasteiger partial charge in [0.05, 0.1) is 10.4 Å². The van der Waals surface area contributed by atoms with Crippen molar-refractivity contribution in [3.05, 3.63) is 16.6 Å². The van der Waals surface area contributed by atoms with Gasteiger partial charge in [0.25, 0.3) is 0 Å². The van der Waals surface area contributed by atoms with Gasteiger partial charge >= 0.3 is 12.0 Å². The van der Waals surface area contributed by atoms with Gasteiger partial charge in [-0.25, -0.2) is 9.78 Å². The molecule has 2 heterocycles. The average molecular weight is 283 g/mol. The van der Waals surface area contributed by atoms with Crippen molar-refractivity contribution in [2.45, 2.75) is 19.8 Å². The fraction of sp³-hybridized carbons (Fsp3) is 0.583. The maximum absolute atomic E-state index is 11.9. The Morgan fingerprint density at radius 3 is 3.00 bits per heavy atom. The highest BCUT2D eigenvalue weighted by Gasteiger charge is 2.42. The Hall–Kier alpha value is -1.63. The number of carbonyl (C=O) groups is 2. The average Bonchev–Trinajstić information content (AvgIpc) is 2.99. The van der Waals surface area contributed by atoms with Crippen LogP contribution in [-0.2, 0) is 11.2 Å². The van der Waals surface area contributed by atoms with E-state index in [1.165, 1.54) is 0 Å². The predicted octanol–water partition coefficient (Wildman–Crippen LogP) is 1.19. The smallest absolute Gasteiger partial charge is 0.317 e. The minimum Gasteiger partial charge on any atom is -0.481 e. The molecular formula is C12H17N3O3S. The number of thiazole rings is 1. The molecule has 104 valence electrons. The van der Waals surface area contributed by atoms with Crippen LogP contribution in [0.5, 0.6) is 0 Å². The molecule has 0 radical (unpaired) electrons. The zero-order valence-electron chi connectivity index (χ0n) is 10.8. The summed E-state index contributed by atoms with van der Waals surface area (Å²) in [6.45, 7) is 2.96. The Bertz CT molecular complexity index is 463. The second-order valence-electron chi connectivity index (χ2n) is 4.95. The van der Waals surface area contributed by atoms with Gasteiger partial charge in [0.2, 0.25) is 0 Å². The molecule has 2 N–H and O–H groups in total. The molecule has 0 aliphatic carbocycles. The van der Waals surface area contributed by atoms with Crippen LogP contribution in [0.4, 0.5) is 4.79 Å². The van der Waals surface area contributed by atoms with Crippen LogP contribution in [0.2, 0.25) is 0 Å². The van der Waals surface area contributed by atoms with Gasteiger partial charge in [0.1, 0.15) is 0 Å². The van der Waals surface area contributed by atoms with Gasteiger partial charge in [-0.05, 0) is 13.3 Å². The van der Waals surface area contributed by atoms with Crippen molar-refractivity contribution in [1.82, 2.24) is 15.2 Å². The summed E-state index contributed by atoms with van der Waals surface area (Å²) < 4.78 is 0. The lowest BCUT2D eigenvalue weighted by molar-refractivity contribution is -0.146. The standard InChI is InChI=1S/C12H17N3O3S/c1-12(10(16)17)3-6-15(8-12)11(18)14-4-2-9-13-5-7-19-9/h5,7H,2-4,6,8H2,1H3,(H,14,18)(H,16,17). The topological polar surface area (TPSA) is 82.5 Å². The Balaban J connectivity index is 1.77. The quantitative estimate of drug-likeness (QED) is 0.869. The summed E-state index contributed by atoms with van der Waals surface area (Å²) in [5, 5.41) is 14.8. The summed E-state index contributed by atoms with van der Waals surface area (Å²) in [6.07, 6.45) is 2.94. The van der Waals surface area contributed by atoms with Crippen LogP contribution in [0.3, 0.4) is 0 Å². The van der Waals surface area contributed by atoms with E-state index >= 15 is 0 Å². The first-order chi connectivity index (χ1) is 9.01. The van der Waals surface area contributed by atoms with Crippen molar-refractivity contribution < 1.29 is 14.7 Å². The second kappa shape index (κ2) is 5.56. The van der Waals surface area contributed by atoms with Gasteiger partial charge < -0.3 is 15.3 Å². The number of carboxylic acids is 1. The number of nitrogens with one attached hydrogen (secondary N) is 1. The molecule has 1 unspecified atom stereocenters. The molecule has 1 saturated heterocycles. The molecular weight excluding hydrogens is 266 g/mol. The molecule has 0 spiro atoms. The van der Waals surface area contributed by atoms with Crippen molar-refractivity contribution in [3.8, 4) is 0 Å². The fourth-order valence-corrected chi connectivity index (χ4v) is 2.69. The molecule has 6 nitrogen and oxygen atoms in total. The molecule has 19 heavy (non-hydrogen) atoms. The highest BCUT2D eigenvalue weighted by molar-refractivity contribution is 7.09. The lowest BCUT2D eigenvalue weighted by atomic mass is 9.90. The van der Waals surface area contributed by atoms with Gasteiger partial charge in [0.15, 0.2) is 0 Å². The predicted molar refractivity (Wildman–Crippen MR) is 71.1 cm³/mol. The van der Waals surface area contributed by atoms with E-state index in [2.05, 4.69) is 10.3 Å². The molecule has 1 aromatic heterocycles. The molecule has 2 rings (SSSR count). The van der Waals surface area contributed by atoms with E-state index < -0.39 is 11.4 Å². The molecule has 1 aromatic rings. The third-order valence-corrected chi connectivity index (χ3v) is 4.21. The summed E-state index contributed by atoms with van der Waals surface area (Å²) in [6, 6.07) is -0.193. The van der Waals surface area contributed by atoms with E-state index in [4.69, 9.17) is 5.11 Å². The first-order valence-electron chi connectivity index (χ1n) is 6.16. The number of likely N-dealkylation sites (tertiary alicyclic amines) is 1. The van der Waals surface area contributed by atoms with Gasteiger partial charge in [0, 0.05) is 37.6 Å². The van der Waals surface area contributed by atoms with E-state index in [1.54, 1.807) is 29.4 Å². The normalized spacial score (nSPS) is 22.5. The first-order valence-corrected chi connectivity index (χ1v) is 7.04. The number of aromatic nitrogens is 1. The number of urea groups is 1. The highest BCUT2D eigenvalue weighted by atomic mass is 32.1. The lowest BCUT2D eigenvalue weighted by Gasteiger charge is -2.20. The van der Waals surface area contributed by atoms with E-state index in [1.807, 2.05) is 5.38 Å². The van der Waals surface area contributed by atoms with Gasteiger partial charge in [-0.1, -0.05) is 0 Å². The van der Waals surface area contributed by atoms with E-state index in [0.717, 1.165) is 5.01 Å². The first kappa shape index (κ1) is 13.8. The van der Waals surface area contributed by atoms with Crippen molar-refractivity contribution in [1.29, 1.82) is 0 Å². The van der Waals surface area contributed by atoms with E-state index in [-0.39, 0.29) is 12.6 Å². The maximum atomic E-state index is 11.9. The highest BCUT2D eigenvalue weighted by Crippen LogP contribution is 2.29. The SMILES string of the molecule is CC1(C(=O)O)CCN(C(=O)NCCc2nccs2)C1. The van der Waals surface area contributed by atoms with Crippen LogP contribution >= 0.6 is 11.3 Å². The molecule has 1 aliphatic rings. The van der Waals surface area contributed by atoms with Gasteiger partial charge in [-0.3, -0.25) is 4.79 Å². The Labute approximate surface area is 115 Å². The van der Waals surface area contributed by atoms with E-state index in [9.17, 15) is 9.59 Å². The van der Waals surface area contributed by atoms with Crippen LogP contribution in [0, 0.1) is 5.41 Å². The number of nitrogens with zero attached hydrogens (tertiary/aromatic N) is 2. The maximum Gasteiger partial charge on any atom is 0.317 e. The van der Waals surface area contributed by atoms with Crippen LogP contribution in [-0.4, -0.2) is 46.6 Å². The van der Waals surface area contributed by atoms with Crippen molar-refractivity contribution in [2.24, 2.45) is 5.41 Å². The third kappa shape index (κ3) is 3.23. The van der Waals surface area contributed by atoms with Gasteiger partial charge in [-0.2, -0.15) is 0 Å². The third-order valence-electron chi connectivity index (χ3n) is 3.38. The number of carbonyl (C=O) groups excluding carboxylic acids is 1. The Morgan fingerprint density at radius 2 is 2.42 bits per heavy atom. The monoisotopic (exact) mass is 283 g/mol. The number of hydrogen-bond donors (Lipinski definition) is 2. The second-order valence-corrected chi connectivity index (χ2v) is 5.92. The summed E-state index contributed by atoms with van der Waals surface area (Å²) in [7, 11) is 0. The minimum atomic E-state index is -0.842. The van der Waals surface area contributed by atoms with Crippen molar-refractivity contribution in [2.75, 3.05) is 19.6 Å².